The lowest BCUT2D eigenvalue weighted by Gasteiger charge is -2.11. The van der Waals surface area contributed by atoms with Crippen LogP contribution in [0.1, 0.15) is 19.5 Å². The molecule has 0 spiro atoms. The van der Waals surface area contributed by atoms with Crippen molar-refractivity contribution in [2.24, 2.45) is 5.92 Å². The van der Waals surface area contributed by atoms with E-state index in [1.807, 2.05) is 0 Å². The molecule has 0 radical (unpaired) electrons. The molecule has 0 bridgehead atoms. The molecule has 1 rings (SSSR count). The minimum Gasteiger partial charge on any atom is -0.396 e. The lowest BCUT2D eigenvalue weighted by atomic mass is 10.2. The summed E-state index contributed by atoms with van der Waals surface area (Å²) in [5, 5.41) is 8.88. The van der Waals surface area contributed by atoms with Crippen LogP contribution in [-0.4, -0.2) is 16.3 Å². The lowest BCUT2D eigenvalue weighted by Crippen LogP contribution is -2.12. The van der Waals surface area contributed by atoms with E-state index in [1.165, 1.54) is 5.69 Å². The maximum atomic E-state index is 8.88. The molecule has 0 aliphatic carbocycles. The molecular weight excluding hydrogens is 150 g/mol. The first kappa shape index (κ1) is 9.33. The van der Waals surface area contributed by atoms with E-state index in [2.05, 4.69) is 36.7 Å². The second kappa shape index (κ2) is 4.31. The number of aryl methyl sites for hydroxylation is 1. The molecule has 1 unspecified atom stereocenters. The van der Waals surface area contributed by atoms with Gasteiger partial charge in [-0.25, -0.2) is 0 Å². The van der Waals surface area contributed by atoms with E-state index in [9.17, 15) is 0 Å². The Kier molecular flexibility index (Phi) is 3.35. The Hall–Kier alpha value is -0.760. The summed E-state index contributed by atoms with van der Waals surface area (Å²) in [5.41, 5.74) is 1.34. The quantitative estimate of drug-likeness (QED) is 0.725. The number of hydrogen-bond acceptors (Lipinski definition) is 1. The van der Waals surface area contributed by atoms with Gasteiger partial charge in [-0.3, -0.25) is 0 Å². The fourth-order valence-electron chi connectivity index (χ4n) is 1.34. The van der Waals surface area contributed by atoms with Crippen LogP contribution in [0.4, 0.5) is 0 Å². The van der Waals surface area contributed by atoms with Crippen LogP contribution in [0.2, 0.25) is 0 Å². The first-order valence-electron chi connectivity index (χ1n) is 4.52. The van der Waals surface area contributed by atoms with Crippen molar-refractivity contribution in [3.8, 4) is 0 Å². The SMILES string of the molecule is CCc1cccn1CC(C)CO. The number of aliphatic hydroxyl groups is 1. The summed E-state index contributed by atoms with van der Waals surface area (Å²) < 4.78 is 2.21. The number of hydrogen-bond donors (Lipinski definition) is 1. The van der Waals surface area contributed by atoms with Crippen molar-refractivity contribution in [2.75, 3.05) is 6.61 Å². The Morgan fingerprint density at radius 2 is 2.33 bits per heavy atom. The Balaban J connectivity index is 2.61. The molecule has 0 saturated heterocycles. The third-order valence-electron chi connectivity index (χ3n) is 2.11. The van der Waals surface area contributed by atoms with E-state index in [0.717, 1.165) is 13.0 Å². The lowest BCUT2D eigenvalue weighted by molar-refractivity contribution is 0.222. The van der Waals surface area contributed by atoms with Crippen LogP contribution in [0.25, 0.3) is 0 Å². The normalized spacial score (nSPS) is 13.2. The Bertz CT molecular complexity index is 229. The second-order valence-electron chi connectivity index (χ2n) is 3.29. The molecule has 12 heavy (non-hydrogen) atoms. The summed E-state index contributed by atoms with van der Waals surface area (Å²) in [7, 11) is 0. The summed E-state index contributed by atoms with van der Waals surface area (Å²) in [6, 6.07) is 4.19. The molecule has 0 amide bonds. The van der Waals surface area contributed by atoms with Gasteiger partial charge in [0, 0.05) is 25.0 Å². The molecule has 0 fully saturated rings. The predicted octanol–water partition coefficient (Wildman–Crippen LogP) is 1.68. The molecule has 68 valence electrons. The van der Waals surface area contributed by atoms with Crippen LogP contribution < -0.4 is 0 Å². The first-order valence-corrected chi connectivity index (χ1v) is 4.52. The van der Waals surface area contributed by atoms with Crippen LogP contribution in [0, 0.1) is 5.92 Å². The molecule has 1 N–H and O–H groups in total. The van der Waals surface area contributed by atoms with Crippen molar-refractivity contribution in [1.82, 2.24) is 4.57 Å². The van der Waals surface area contributed by atoms with Crippen molar-refractivity contribution >= 4 is 0 Å². The summed E-state index contributed by atoms with van der Waals surface area (Å²) in [5.74, 6) is 0.350. The van der Waals surface area contributed by atoms with Crippen LogP contribution in [0.5, 0.6) is 0 Å². The zero-order valence-electron chi connectivity index (χ0n) is 7.83. The summed E-state index contributed by atoms with van der Waals surface area (Å²) in [6.07, 6.45) is 3.14. The van der Waals surface area contributed by atoms with Gasteiger partial charge in [-0.05, 0) is 24.5 Å². The van der Waals surface area contributed by atoms with Gasteiger partial charge in [0.15, 0.2) is 0 Å². The van der Waals surface area contributed by atoms with Crippen LogP contribution in [0.15, 0.2) is 18.3 Å². The molecule has 1 heterocycles. The molecule has 1 aromatic heterocycles. The number of aliphatic hydroxyl groups excluding tert-OH is 1. The molecule has 0 saturated carbocycles. The van der Waals surface area contributed by atoms with Gasteiger partial charge in [0.25, 0.3) is 0 Å². The fourth-order valence-corrected chi connectivity index (χ4v) is 1.34. The van der Waals surface area contributed by atoms with Gasteiger partial charge >= 0.3 is 0 Å². The first-order chi connectivity index (χ1) is 5.77. The maximum Gasteiger partial charge on any atom is 0.0473 e. The van der Waals surface area contributed by atoms with Gasteiger partial charge in [0.2, 0.25) is 0 Å². The van der Waals surface area contributed by atoms with Gasteiger partial charge in [0.1, 0.15) is 0 Å². The van der Waals surface area contributed by atoms with Gasteiger partial charge in [-0.1, -0.05) is 13.8 Å². The average molecular weight is 167 g/mol. The largest absolute Gasteiger partial charge is 0.396 e. The van der Waals surface area contributed by atoms with Crippen molar-refractivity contribution in [1.29, 1.82) is 0 Å². The van der Waals surface area contributed by atoms with Crippen molar-refractivity contribution < 1.29 is 5.11 Å². The Morgan fingerprint density at radius 1 is 1.58 bits per heavy atom. The van der Waals surface area contributed by atoms with Crippen LogP contribution in [-0.2, 0) is 13.0 Å². The highest BCUT2D eigenvalue weighted by Crippen LogP contribution is 2.06. The van der Waals surface area contributed by atoms with Crippen molar-refractivity contribution in [3.05, 3.63) is 24.0 Å². The standard InChI is InChI=1S/C10H17NO/c1-3-10-5-4-6-11(10)7-9(2)8-12/h4-6,9,12H,3,7-8H2,1-2H3. The monoisotopic (exact) mass is 167 g/mol. The average Bonchev–Trinajstić information content (AvgIpc) is 2.51. The van der Waals surface area contributed by atoms with E-state index in [0.29, 0.717) is 5.92 Å². The maximum absolute atomic E-state index is 8.88. The molecule has 1 aromatic rings. The van der Waals surface area contributed by atoms with Crippen molar-refractivity contribution in [2.45, 2.75) is 26.8 Å². The van der Waals surface area contributed by atoms with Gasteiger partial charge in [-0.2, -0.15) is 0 Å². The van der Waals surface area contributed by atoms with E-state index in [-0.39, 0.29) is 6.61 Å². The minimum atomic E-state index is 0.265. The van der Waals surface area contributed by atoms with Gasteiger partial charge in [0.05, 0.1) is 0 Å². The van der Waals surface area contributed by atoms with Gasteiger partial charge in [-0.15, -0.1) is 0 Å². The highest BCUT2D eigenvalue weighted by Gasteiger charge is 2.03. The van der Waals surface area contributed by atoms with Crippen LogP contribution in [0.3, 0.4) is 0 Å². The van der Waals surface area contributed by atoms with E-state index >= 15 is 0 Å². The Labute approximate surface area is 73.8 Å². The third-order valence-corrected chi connectivity index (χ3v) is 2.11. The molecular formula is C10H17NO. The molecule has 1 atom stereocenters. The topological polar surface area (TPSA) is 25.2 Å². The summed E-state index contributed by atoms with van der Waals surface area (Å²) >= 11 is 0. The predicted molar refractivity (Wildman–Crippen MR) is 50.1 cm³/mol. The number of nitrogens with zero attached hydrogens (tertiary/aromatic N) is 1. The molecule has 2 heteroatoms. The van der Waals surface area contributed by atoms with Gasteiger partial charge < -0.3 is 9.67 Å². The number of rotatable bonds is 4. The number of aromatic nitrogens is 1. The van der Waals surface area contributed by atoms with E-state index in [1.54, 1.807) is 0 Å². The molecule has 2 nitrogen and oxygen atoms in total. The highest BCUT2D eigenvalue weighted by atomic mass is 16.3. The Morgan fingerprint density at radius 3 is 2.92 bits per heavy atom. The smallest absolute Gasteiger partial charge is 0.0473 e. The summed E-state index contributed by atoms with van der Waals surface area (Å²) in [4.78, 5) is 0. The van der Waals surface area contributed by atoms with E-state index in [4.69, 9.17) is 5.11 Å². The van der Waals surface area contributed by atoms with Crippen molar-refractivity contribution in [3.63, 3.8) is 0 Å². The molecule has 0 aliphatic heterocycles. The third kappa shape index (κ3) is 2.11. The van der Waals surface area contributed by atoms with E-state index < -0.39 is 0 Å². The zero-order valence-corrected chi connectivity index (χ0v) is 7.83. The fraction of sp³-hybridized carbons (Fsp3) is 0.600. The highest BCUT2D eigenvalue weighted by molar-refractivity contribution is 5.06. The minimum absolute atomic E-state index is 0.265. The zero-order chi connectivity index (χ0) is 8.97. The molecule has 0 aromatic carbocycles. The van der Waals surface area contributed by atoms with Crippen LogP contribution >= 0.6 is 0 Å². The summed E-state index contributed by atoms with van der Waals surface area (Å²) in [6.45, 7) is 5.39. The second-order valence-corrected chi connectivity index (χ2v) is 3.29. The molecule has 0 aliphatic rings.